The number of rotatable bonds is 1. The van der Waals surface area contributed by atoms with E-state index in [9.17, 15) is 18.0 Å². The van der Waals surface area contributed by atoms with Gasteiger partial charge in [0.1, 0.15) is 5.01 Å². The van der Waals surface area contributed by atoms with Gasteiger partial charge in [-0.1, -0.05) is 22.5 Å². The van der Waals surface area contributed by atoms with E-state index in [1.165, 1.54) is 12.1 Å². The van der Waals surface area contributed by atoms with Gasteiger partial charge in [0.05, 0.1) is 5.56 Å². The van der Waals surface area contributed by atoms with E-state index < -0.39 is 11.7 Å². The van der Waals surface area contributed by atoms with Crippen LogP contribution in [-0.2, 0) is 6.18 Å². The maximum Gasteiger partial charge on any atom is 0.416 e. The highest BCUT2D eigenvalue weighted by Crippen LogP contribution is 2.31. The summed E-state index contributed by atoms with van der Waals surface area (Å²) in [6, 6.07) is 4.58. The monoisotopic (exact) mass is 263 g/mol. The van der Waals surface area contributed by atoms with Crippen LogP contribution in [0.4, 0.5) is 13.2 Å². The normalized spacial score (nSPS) is 11.7. The fourth-order valence-electron chi connectivity index (χ4n) is 1.11. The van der Waals surface area contributed by atoms with Gasteiger partial charge < -0.3 is 0 Å². The molecule has 0 aliphatic carbocycles. The molecule has 0 radical (unpaired) electrons. The van der Waals surface area contributed by atoms with Crippen LogP contribution in [0.15, 0.2) is 29.1 Å². The molecule has 1 aromatic heterocycles. The van der Waals surface area contributed by atoms with Crippen LogP contribution in [0, 0.1) is 0 Å². The Bertz CT molecular complexity index is 541. The number of alkyl halides is 3. The molecule has 0 aliphatic rings. The Morgan fingerprint density at radius 2 is 1.69 bits per heavy atom. The molecule has 1 aromatic carbocycles. The van der Waals surface area contributed by atoms with Crippen molar-refractivity contribution in [1.29, 1.82) is 0 Å². The average Bonchev–Trinajstić information content (AvgIpc) is 2.64. The van der Waals surface area contributed by atoms with E-state index in [4.69, 9.17) is 0 Å². The third kappa shape index (κ3) is 2.30. The van der Waals surface area contributed by atoms with Crippen molar-refractivity contribution in [3.63, 3.8) is 0 Å². The number of aromatic nitrogens is 1. The predicted octanol–water partition coefficient (Wildman–Crippen LogP) is 3.25. The molecule has 0 spiro atoms. The van der Waals surface area contributed by atoms with E-state index in [2.05, 4.69) is 4.98 Å². The standard InChI is InChI=1S/C9H4F3NOS2/c10-9(11,12)6-3-1-5(2-4-6)7-13-8(14)16-15-7/h1-4H. The first-order valence-electron chi connectivity index (χ1n) is 4.11. The molecule has 0 bridgehead atoms. The molecule has 2 rings (SSSR count). The van der Waals surface area contributed by atoms with Crippen LogP contribution in [0.5, 0.6) is 0 Å². The zero-order valence-corrected chi connectivity index (χ0v) is 9.25. The highest BCUT2D eigenvalue weighted by atomic mass is 32.9. The second-order valence-corrected chi connectivity index (χ2v) is 4.99. The van der Waals surface area contributed by atoms with Crippen molar-refractivity contribution in [3.8, 4) is 10.6 Å². The first-order valence-corrected chi connectivity index (χ1v) is 6.26. The van der Waals surface area contributed by atoms with Gasteiger partial charge in [-0.15, -0.1) is 0 Å². The summed E-state index contributed by atoms with van der Waals surface area (Å²) in [5.74, 6) is 0. The van der Waals surface area contributed by atoms with Crippen molar-refractivity contribution < 1.29 is 13.2 Å². The van der Waals surface area contributed by atoms with Gasteiger partial charge in [-0.25, -0.2) is 0 Å². The minimum Gasteiger partial charge on any atom is -0.254 e. The van der Waals surface area contributed by atoms with E-state index >= 15 is 0 Å². The molecule has 0 saturated carbocycles. The molecule has 16 heavy (non-hydrogen) atoms. The van der Waals surface area contributed by atoms with E-state index in [0.29, 0.717) is 10.6 Å². The zero-order valence-electron chi connectivity index (χ0n) is 7.62. The second kappa shape index (κ2) is 3.99. The number of hydrogen-bond acceptors (Lipinski definition) is 4. The molecule has 84 valence electrons. The van der Waals surface area contributed by atoms with Crippen LogP contribution in [0.3, 0.4) is 0 Å². The Balaban J connectivity index is 2.36. The molecular weight excluding hydrogens is 259 g/mol. The minimum absolute atomic E-state index is 0.333. The highest BCUT2D eigenvalue weighted by molar-refractivity contribution is 7.69. The first-order chi connectivity index (χ1) is 7.47. The molecule has 0 saturated heterocycles. The summed E-state index contributed by atoms with van der Waals surface area (Å²) < 4.78 is 36.8. The Labute approximate surface area is 95.4 Å². The van der Waals surface area contributed by atoms with Crippen LogP contribution >= 0.6 is 20.7 Å². The molecule has 7 heteroatoms. The number of benzene rings is 1. The van der Waals surface area contributed by atoms with Crippen LogP contribution < -0.4 is 4.87 Å². The van der Waals surface area contributed by atoms with Crippen molar-refractivity contribution in [2.45, 2.75) is 6.18 Å². The van der Waals surface area contributed by atoms with Crippen LogP contribution in [-0.4, -0.2) is 4.98 Å². The highest BCUT2D eigenvalue weighted by Gasteiger charge is 2.30. The van der Waals surface area contributed by atoms with Crippen LogP contribution in [0.2, 0.25) is 0 Å². The molecular formula is C9H4F3NOS2. The summed E-state index contributed by atoms with van der Waals surface area (Å²) in [6.45, 7) is 0. The topological polar surface area (TPSA) is 30.0 Å². The Morgan fingerprint density at radius 3 is 2.12 bits per heavy atom. The molecule has 2 nitrogen and oxygen atoms in total. The van der Waals surface area contributed by atoms with Gasteiger partial charge in [0.15, 0.2) is 0 Å². The van der Waals surface area contributed by atoms with Crippen molar-refractivity contribution in [2.75, 3.05) is 0 Å². The van der Waals surface area contributed by atoms with Gasteiger partial charge in [0.2, 0.25) is 0 Å². The lowest BCUT2D eigenvalue weighted by Gasteiger charge is -2.06. The number of hydrogen-bond donors (Lipinski definition) is 0. The Kier molecular flexibility index (Phi) is 2.81. The molecule has 1 heterocycles. The lowest BCUT2D eigenvalue weighted by molar-refractivity contribution is -0.137. The summed E-state index contributed by atoms with van der Waals surface area (Å²) in [4.78, 5) is 14.2. The molecule has 2 aromatic rings. The second-order valence-electron chi connectivity index (χ2n) is 2.92. The van der Waals surface area contributed by atoms with E-state index in [0.717, 1.165) is 32.8 Å². The largest absolute Gasteiger partial charge is 0.416 e. The fourth-order valence-corrected chi connectivity index (χ4v) is 2.76. The van der Waals surface area contributed by atoms with Crippen molar-refractivity contribution in [1.82, 2.24) is 4.98 Å². The summed E-state index contributed by atoms with van der Waals surface area (Å²) in [5, 5.41) is 0.448. The Hall–Kier alpha value is -1.21. The summed E-state index contributed by atoms with van der Waals surface area (Å²) in [7, 11) is 2.11. The summed E-state index contributed by atoms with van der Waals surface area (Å²) in [5.41, 5.74) is -0.185. The SMILES string of the molecule is O=c1nc(-c2ccc(C(F)(F)F)cc2)ss1. The van der Waals surface area contributed by atoms with Gasteiger partial charge in [-0.2, -0.15) is 18.2 Å². The fraction of sp³-hybridized carbons (Fsp3) is 0.111. The van der Waals surface area contributed by atoms with Gasteiger partial charge in [-0.3, -0.25) is 4.79 Å². The van der Waals surface area contributed by atoms with Crippen LogP contribution in [0.25, 0.3) is 10.6 Å². The molecule has 0 unspecified atom stereocenters. The quantitative estimate of drug-likeness (QED) is 0.739. The smallest absolute Gasteiger partial charge is 0.254 e. The van der Waals surface area contributed by atoms with Gasteiger partial charge in [0.25, 0.3) is 0 Å². The maximum absolute atomic E-state index is 12.3. The van der Waals surface area contributed by atoms with E-state index in [1.54, 1.807) is 0 Å². The minimum atomic E-state index is -4.34. The van der Waals surface area contributed by atoms with E-state index in [1.807, 2.05) is 0 Å². The first kappa shape index (κ1) is 11.3. The molecule has 0 aliphatic heterocycles. The summed E-state index contributed by atoms with van der Waals surface area (Å²) >= 11 is 0. The third-order valence-electron chi connectivity index (χ3n) is 1.84. The van der Waals surface area contributed by atoms with E-state index in [-0.39, 0.29) is 4.87 Å². The Morgan fingerprint density at radius 1 is 1.06 bits per heavy atom. The molecule has 0 amide bonds. The van der Waals surface area contributed by atoms with Crippen molar-refractivity contribution >= 4 is 20.7 Å². The lowest BCUT2D eigenvalue weighted by atomic mass is 10.1. The average molecular weight is 263 g/mol. The lowest BCUT2D eigenvalue weighted by Crippen LogP contribution is -2.04. The van der Waals surface area contributed by atoms with Gasteiger partial charge in [0, 0.05) is 5.56 Å². The molecule has 0 N–H and O–H groups in total. The van der Waals surface area contributed by atoms with Gasteiger partial charge >= 0.3 is 11.0 Å². The third-order valence-corrected chi connectivity index (χ3v) is 3.80. The number of nitrogens with zero attached hydrogens (tertiary/aromatic N) is 1. The zero-order chi connectivity index (χ0) is 11.8. The predicted molar refractivity (Wildman–Crippen MR) is 56.7 cm³/mol. The van der Waals surface area contributed by atoms with Gasteiger partial charge in [-0.05, 0) is 22.5 Å². The molecule has 0 atom stereocenters. The van der Waals surface area contributed by atoms with Crippen molar-refractivity contribution in [3.05, 3.63) is 39.5 Å². The maximum atomic E-state index is 12.3. The van der Waals surface area contributed by atoms with Crippen LogP contribution in [0.1, 0.15) is 5.56 Å². The molecule has 0 fully saturated rings. The van der Waals surface area contributed by atoms with Crippen molar-refractivity contribution in [2.24, 2.45) is 0 Å². The number of halogens is 3. The summed E-state index contributed by atoms with van der Waals surface area (Å²) in [6.07, 6.45) is -4.34.